The van der Waals surface area contributed by atoms with Gasteiger partial charge < -0.3 is 10.1 Å². The van der Waals surface area contributed by atoms with E-state index in [0.717, 1.165) is 12.3 Å². The van der Waals surface area contributed by atoms with Gasteiger partial charge in [-0.05, 0) is 6.42 Å². The summed E-state index contributed by atoms with van der Waals surface area (Å²) in [5, 5.41) is 3.09. The smallest absolute Gasteiger partial charge is 0.189 e. The Hall–Kier alpha value is -0.990. The highest BCUT2D eigenvalue weighted by Crippen LogP contribution is 2.01. The number of methoxy groups -OCH3 is 1. The average molecular weight is 140 g/mol. The molecular formula is C7H12N2O. The minimum absolute atomic E-state index is 0.194. The van der Waals surface area contributed by atoms with E-state index >= 15 is 0 Å². The Morgan fingerprint density at radius 1 is 1.80 bits per heavy atom. The van der Waals surface area contributed by atoms with Crippen LogP contribution >= 0.6 is 0 Å². The van der Waals surface area contributed by atoms with Crippen molar-refractivity contribution in [1.29, 1.82) is 0 Å². The maximum Gasteiger partial charge on any atom is 0.189 e. The summed E-state index contributed by atoms with van der Waals surface area (Å²) in [5.41, 5.74) is 0. The molecule has 0 saturated carbocycles. The molecular weight excluding hydrogens is 128 g/mol. The molecule has 56 valence electrons. The van der Waals surface area contributed by atoms with Crippen molar-refractivity contribution in [3.63, 3.8) is 0 Å². The van der Waals surface area contributed by atoms with Crippen molar-refractivity contribution < 1.29 is 4.74 Å². The van der Waals surface area contributed by atoms with E-state index in [0.29, 0.717) is 0 Å². The first-order valence-electron chi connectivity index (χ1n) is 3.40. The molecule has 0 fully saturated rings. The fraction of sp³-hybridized carbons (Fsp3) is 0.571. The number of nitrogens with one attached hydrogen (secondary N) is 1. The van der Waals surface area contributed by atoms with Crippen LogP contribution in [0.2, 0.25) is 0 Å². The average Bonchev–Trinajstić information content (AvgIpc) is 2.05. The Bertz CT molecular complexity index is 163. The van der Waals surface area contributed by atoms with Gasteiger partial charge in [0.25, 0.3) is 0 Å². The van der Waals surface area contributed by atoms with Crippen LogP contribution in [0.3, 0.4) is 0 Å². The topological polar surface area (TPSA) is 33.6 Å². The molecule has 10 heavy (non-hydrogen) atoms. The molecule has 1 rings (SSSR count). The van der Waals surface area contributed by atoms with Crippen molar-refractivity contribution in [2.24, 2.45) is 4.99 Å². The van der Waals surface area contributed by atoms with Gasteiger partial charge in [-0.3, -0.25) is 4.99 Å². The van der Waals surface area contributed by atoms with E-state index in [9.17, 15) is 0 Å². The van der Waals surface area contributed by atoms with Crippen LogP contribution in [0.4, 0.5) is 0 Å². The van der Waals surface area contributed by atoms with Crippen LogP contribution < -0.4 is 5.32 Å². The molecule has 0 aromatic rings. The summed E-state index contributed by atoms with van der Waals surface area (Å²) in [6.07, 6.45) is 4.76. The number of rotatable bonds is 2. The second-order valence-electron chi connectivity index (χ2n) is 2.10. The zero-order chi connectivity index (χ0) is 7.40. The van der Waals surface area contributed by atoms with E-state index in [-0.39, 0.29) is 6.17 Å². The van der Waals surface area contributed by atoms with Crippen molar-refractivity contribution >= 4 is 6.21 Å². The fourth-order valence-corrected chi connectivity index (χ4v) is 0.799. The third kappa shape index (κ3) is 1.50. The molecule has 0 aliphatic carbocycles. The van der Waals surface area contributed by atoms with Gasteiger partial charge in [0.2, 0.25) is 0 Å². The van der Waals surface area contributed by atoms with Gasteiger partial charge in [-0.15, -0.1) is 0 Å². The summed E-state index contributed by atoms with van der Waals surface area (Å²) in [6, 6.07) is 0. The lowest BCUT2D eigenvalue weighted by molar-refractivity contribution is 0.247. The summed E-state index contributed by atoms with van der Waals surface area (Å²) in [6.45, 7) is 2.08. The zero-order valence-electron chi connectivity index (χ0n) is 6.29. The van der Waals surface area contributed by atoms with Crippen LogP contribution in [0.5, 0.6) is 0 Å². The van der Waals surface area contributed by atoms with Gasteiger partial charge in [0.15, 0.2) is 5.88 Å². The van der Waals surface area contributed by atoms with Crippen LogP contribution in [0.25, 0.3) is 0 Å². The molecule has 0 saturated heterocycles. The third-order valence-electron chi connectivity index (χ3n) is 1.41. The first kappa shape index (κ1) is 7.12. The highest BCUT2D eigenvalue weighted by Gasteiger charge is 2.06. The number of hydrogen-bond donors (Lipinski definition) is 1. The summed E-state index contributed by atoms with van der Waals surface area (Å²) >= 11 is 0. The maximum absolute atomic E-state index is 4.98. The van der Waals surface area contributed by atoms with Gasteiger partial charge in [0.1, 0.15) is 6.17 Å². The summed E-state index contributed by atoms with van der Waals surface area (Å²) in [5.74, 6) is 0.793. The Kier molecular flexibility index (Phi) is 2.31. The van der Waals surface area contributed by atoms with Gasteiger partial charge in [0.05, 0.1) is 7.11 Å². The molecule has 1 aliphatic heterocycles. The Morgan fingerprint density at radius 2 is 2.60 bits per heavy atom. The van der Waals surface area contributed by atoms with Crippen molar-refractivity contribution in [1.82, 2.24) is 5.32 Å². The van der Waals surface area contributed by atoms with Crippen LogP contribution in [-0.2, 0) is 4.74 Å². The first-order valence-corrected chi connectivity index (χ1v) is 3.40. The summed E-state index contributed by atoms with van der Waals surface area (Å²) < 4.78 is 4.98. The molecule has 0 radical (unpaired) electrons. The molecule has 0 amide bonds. The molecule has 0 aromatic heterocycles. The molecule has 3 nitrogen and oxygen atoms in total. The van der Waals surface area contributed by atoms with Gasteiger partial charge in [-0.25, -0.2) is 0 Å². The molecule has 0 bridgehead atoms. The highest BCUT2D eigenvalue weighted by atomic mass is 16.5. The van der Waals surface area contributed by atoms with Crippen molar-refractivity contribution in [2.75, 3.05) is 7.11 Å². The van der Waals surface area contributed by atoms with E-state index < -0.39 is 0 Å². The molecule has 1 unspecified atom stereocenters. The van der Waals surface area contributed by atoms with Crippen LogP contribution in [0.1, 0.15) is 13.3 Å². The summed E-state index contributed by atoms with van der Waals surface area (Å²) in [7, 11) is 1.64. The van der Waals surface area contributed by atoms with Crippen LogP contribution in [0, 0.1) is 0 Å². The van der Waals surface area contributed by atoms with Crippen LogP contribution in [0.15, 0.2) is 17.0 Å². The first-order chi connectivity index (χ1) is 4.86. The molecule has 0 spiro atoms. The monoisotopic (exact) mass is 140 g/mol. The van der Waals surface area contributed by atoms with Gasteiger partial charge >= 0.3 is 0 Å². The van der Waals surface area contributed by atoms with E-state index in [4.69, 9.17) is 4.74 Å². The lowest BCUT2D eigenvalue weighted by Crippen LogP contribution is -2.29. The normalized spacial score (nSPS) is 23.4. The molecule has 1 aliphatic rings. The Morgan fingerprint density at radius 3 is 3.20 bits per heavy atom. The van der Waals surface area contributed by atoms with E-state index in [1.165, 1.54) is 0 Å². The fourth-order valence-electron chi connectivity index (χ4n) is 0.799. The second-order valence-corrected chi connectivity index (χ2v) is 2.10. The minimum atomic E-state index is 0.194. The maximum atomic E-state index is 4.98. The Labute approximate surface area is 60.8 Å². The lowest BCUT2D eigenvalue weighted by atomic mass is 10.3. The second kappa shape index (κ2) is 3.25. The van der Waals surface area contributed by atoms with Gasteiger partial charge in [0, 0.05) is 12.3 Å². The van der Waals surface area contributed by atoms with Crippen LogP contribution in [-0.4, -0.2) is 19.5 Å². The zero-order valence-corrected chi connectivity index (χ0v) is 6.29. The number of hydrogen-bond acceptors (Lipinski definition) is 3. The highest BCUT2D eigenvalue weighted by molar-refractivity contribution is 5.72. The molecule has 1 atom stereocenters. The minimum Gasteiger partial charge on any atom is -0.482 e. The third-order valence-corrected chi connectivity index (χ3v) is 1.41. The van der Waals surface area contributed by atoms with Crippen molar-refractivity contribution in [3.8, 4) is 0 Å². The molecule has 1 N–H and O–H groups in total. The predicted octanol–water partition coefficient (Wildman–Crippen LogP) is 0.884. The number of aliphatic imine (C=N–C) groups is 1. The lowest BCUT2D eigenvalue weighted by Gasteiger charge is -2.17. The predicted molar refractivity (Wildman–Crippen MR) is 40.8 cm³/mol. The number of allylic oxidation sites excluding steroid dienone is 1. The molecule has 1 heterocycles. The van der Waals surface area contributed by atoms with Gasteiger partial charge in [-0.1, -0.05) is 6.92 Å². The van der Waals surface area contributed by atoms with E-state index in [1.807, 2.05) is 6.08 Å². The molecule has 0 aromatic carbocycles. The number of ether oxygens (including phenoxy) is 1. The quantitative estimate of drug-likeness (QED) is 0.617. The van der Waals surface area contributed by atoms with Gasteiger partial charge in [-0.2, -0.15) is 0 Å². The summed E-state index contributed by atoms with van der Waals surface area (Å²) in [4.78, 5) is 4.15. The Balaban J connectivity index is 2.50. The number of nitrogens with zero attached hydrogens (tertiary/aromatic N) is 1. The largest absolute Gasteiger partial charge is 0.482 e. The SMILES string of the molecule is CCC1N=CC=C(OC)N1. The van der Waals surface area contributed by atoms with E-state index in [1.54, 1.807) is 13.3 Å². The molecule has 3 heteroatoms. The van der Waals surface area contributed by atoms with Crippen molar-refractivity contribution in [2.45, 2.75) is 19.5 Å². The van der Waals surface area contributed by atoms with Crippen molar-refractivity contribution in [3.05, 3.63) is 12.0 Å². The standard InChI is InChI=1S/C7H12N2O/c1-3-6-8-5-4-7(9-6)10-2/h4-6,9H,3H2,1-2H3. The van der Waals surface area contributed by atoms with E-state index in [2.05, 4.69) is 17.2 Å².